The summed E-state index contributed by atoms with van der Waals surface area (Å²) in [6, 6.07) is 6.11. The first kappa shape index (κ1) is 12.5. The van der Waals surface area contributed by atoms with Gasteiger partial charge in [-0.1, -0.05) is 13.0 Å². The molecule has 0 bridgehead atoms. The summed E-state index contributed by atoms with van der Waals surface area (Å²) in [5.74, 6) is -0.0457. The van der Waals surface area contributed by atoms with Crippen LogP contribution in [-0.4, -0.2) is 6.10 Å². The molecule has 2 N–H and O–H groups in total. The summed E-state index contributed by atoms with van der Waals surface area (Å²) in [6.45, 7) is 3.55. The first-order chi connectivity index (χ1) is 7.58. The van der Waals surface area contributed by atoms with Crippen molar-refractivity contribution in [2.24, 2.45) is 5.73 Å². The van der Waals surface area contributed by atoms with Gasteiger partial charge in [0.05, 0.1) is 0 Å². The summed E-state index contributed by atoms with van der Waals surface area (Å²) in [4.78, 5) is 0. The van der Waals surface area contributed by atoms with Crippen molar-refractivity contribution in [2.75, 3.05) is 0 Å². The molecule has 2 unspecified atom stereocenters. The highest BCUT2D eigenvalue weighted by atomic mass is 19.1. The van der Waals surface area contributed by atoms with Crippen LogP contribution in [-0.2, 0) is 0 Å². The number of benzene rings is 1. The maximum Gasteiger partial charge on any atom is 0.184 e. The van der Waals surface area contributed by atoms with Gasteiger partial charge in [-0.25, -0.2) is 4.39 Å². The first-order valence-corrected chi connectivity index (χ1v) is 5.19. The fourth-order valence-corrected chi connectivity index (χ4v) is 1.32. The highest BCUT2D eigenvalue weighted by Gasteiger charge is 2.10. The van der Waals surface area contributed by atoms with Gasteiger partial charge >= 0.3 is 0 Å². The Morgan fingerprint density at radius 1 is 1.56 bits per heavy atom. The molecule has 1 aromatic rings. The van der Waals surface area contributed by atoms with Crippen LogP contribution in [0.4, 0.5) is 4.39 Å². The van der Waals surface area contributed by atoms with Gasteiger partial charge in [0.25, 0.3) is 0 Å². The van der Waals surface area contributed by atoms with Crippen LogP contribution < -0.4 is 10.5 Å². The Hall–Kier alpha value is -1.60. The minimum atomic E-state index is -0.541. The van der Waals surface area contributed by atoms with Gasteiger partial charge in [0.1, 0.15) is 17.6 Å². The van der Waals surface area contributed by atoms with Gasteiger partial charge < -0.3 is 10.5 Å². The number of rotatable bonds is 4. The Morgan fingerprint density at radius 3 is 2.69 bits per heavy atom. The molecule has 86 valence electrons. The summed E-state index contributed by atoms with van der Waals surface area (Å²) in [7, 11) is 0. The van der Waals surface area contributed by atoms with E-state index in [1.165, 1.54) is 6.07 Å². The molecule has 0 saturated heterocycles. The second kappa shape index (κ2) is 5.47. The number of halogens is 1. The number of nitriles is 1. The molecule has 0 amide bonds. The molecule has 3 nitrogen and oxygen atoms in total. The van der Waals surface area contributed by atoms with Gasteiger partial charge in [-0.3, -0.25) is 0 Å². The average Bonchev–Trinajstić information content (AvgIpc) is 2.25. The number of hydrogen-bond acceptors (Lipinski definition) is 3. The summed E-state index contributed by atoms with van der Waals surface area (Å²) in [5, 5.41) is 8.71. The van der Waals surface area contributed by atoms with Crippen LogP contribution >= 0.6 is 0 Å². The molecule has 0 radical (unpaired) electrons. The normalized spacial score (nSPS) is 13.9. The van der Waals surface area contributed by atoms with Crippen LogP contribution in [0.3, 0.4) is 0 Å². The van der Waals surface area contributed by atoms with E-state index in [2.05, 4.69) is 0 Å². The lowest BCUT2D eigenvalue weighted by Gasteiger charge is -2.12. The Labute approximate surface area is 94.6 Å². The number of hydrogen-bond donors (Lipinski definition) is 1. The molecule has 0 fully saturated rings. The van der Waals surface area contributed by atoms with E-state index in [-0.39, 0.29) is 6.04 Å². The predicted molar refractivity (Wildman–Crippen MR) is 59.3 cm³/mol. The second-order valence-corrected chi connectivity index (χ2v) is 3.62. The van der Waals surface area contributed by atoms with Crippen LogP contribution in [0.1, 0.15) is 31.9 Å². The monoisotopic (exact) mass is 222 g/mol. The summed E-state index contributed by atoms with van der Waals surface area (Å²) >= 11 is 0. The third-order valence-electron chi connectivity index (χ3n) is 2.26. The maximum atomic E-state index is 13.5. The largest absolute Gasteiger partial charge is 0.475 e. The van der Waals surface area contributed by atoms with Crippen molar-refractivity contribution in [1.29, 1.82) is 5.26 Å². The second-order valence-electron chi connectivity index (χ2n) is 3.62. The lowest BCUT2D eigenvalue weighted by Crippen LogP contribution is -2.13. The van der Waals surface area contributed by atoms with Crippen LogP contribution in [0.25, 0.3) is 0 Å². The fourth-order valence-electron chi connectivity index (χ4n) is 1.32. The van der Waals surface area contributed by atoms with Gasteiger partial charge in [0.15, 0.2) is 6.10 Å². The molecule has 0 aliphatic carbocycles. The van der Waals surface area contributed by atoms with Crippen molar-refractivity contribution >= 4 is 0 Å². The van der Waals surface area contributed by atoms with Gasteiger partial charge in [-0.2, -0.15) is 5.26 Å². The Balaban J connectivity index is 2.86. The summed E-state index contributed by atoms with van der Waals surface area (Å²) in [6.07, 6.45) is 0.0215. The molecule has 1 aromatic carbocycles. The molecule has 0 heterocycles. The van der Waals surface area contributed by atoms with E-state index < -0.39 is 11.9 Å². The fraction of sp³-hybridized carbons (Fsp3) is 0.417. The summed E-state index contributed by atoms with van der Waals surface area (Å²) < 4.78 is 18.8. The lowest BCUT2D eigenvalue weighted by atomic mass is 10.1. The molecular formula is C12H15FN2O. The molecule has 16 heavy (non-hydrogen) atoms. The number of nitrogens with two attached hydrogens (primary N) is 1. The Morgan fingerprint density at radius 2 is 2.25 bits per heavy atom. The highest BCUT2D eigenvalue weighted by Crippen LogP contribution is 2.21. The highest BCUT2D eigenvalue weighted by molar-refractivity contribution is 5.30. The van der Waals surface area contributed by atoms with Crippen LogP contribution in [0.5, 0.6) is 5.75 Å². The Bertz CT molecular complexity index is 398. The van der Waals surface area contributed by atoms with Crippen LogP contribution in [0, 0.1) is 17.1 Å². The van der Waals surface area contributed by atoms with Crippen molar-refractivity contribution < 1.29 is 9.13 Å². The third-order valence-corrected chi connectivity index (χ3v) is 2.26. The zero-order chi connectivity index (χ0) is 12.1. The molecular weight excluding hydrogens is 207 g/mol. The van der Waals surface area contributed by atoms with E-state index in [1.807, 2.05) is 13.0 Å². The van der Waals surface area contributed by atoms with E-state index in [0.29, 0.717) is 17.7 Å². The van der Waals surface area contributed by atoms with E-state index in [0.717, 1.165) is 0 Å². The molecule has 0 saturated carbocycles. The predicted octanol–water partition coefficient (Wildman–Crippen LogP) is 2.53. The van der Waals surface area contributed by atoms with Crippen molar-refractivity contribution in [3.05, 3.63) is 29.6 Å². The van der Waals surface area contributed by atoms with E-state index in [1.54, 1.807) is 19.1 Å². The topological polar surface area (TPSA) is 59.0 Å². The molecule has 2 atom stereocenters. The van der Waals surface area contributed by atoms with E-state index in [9.17, 15) is 4.39 Å². The first-order valence-electron chi connectivity index (χ1n) is 5.19. The molecule has 0 aliphatic rings. The number of nitrogens with zero attached hydrogens (tertiary/aromatic N) is 1. The molecule has 0 aromatic heterocycles. The lowest BCUT2D eigenvalue weighted by molar-refractivity contribution is 0.250. The minimum absolute atomic E-state index is 0.355. The Kier molecular flexibility index (Phi) is 4.27. The molecule has 4 heteroatoms. The van der Waals surface area contributed by atoms with Crippen LogP contribution in [0.15, 0.2) is 18.2 Å². The molecule has 0 aliphatic heterocycles. The summed E-state index contributed by atoms with van der Waals surface area (Å²) in [5.41, 5.74) is 6.03. The molecule has 0 spiro atoms. The quantitative estimate of drug-likeness (QED) is 0.851. The van der Waals surface area contributed by atoms with Gasteiger partial charge in [-0.15, -0.1) is 0 Å². The van der Waals surface area contributed by atoms with Crippen molar-refractivity contribution in [3.8, 4) is 11.8 Å². The standard InChI is InChI=1S/C12H15FN2O/c1-3-9(7-14)16-10-4-5-11(8(2)15)12(13)6-10/h4-6,8-9H,3,15H2,1-2H3. The van der Waals surface area contributed by atoms with Crippen molar-refractivity contribution in [1.82, 2.24) is 0 Å². The van der Waals surface area contributed by atoms with Crippen LogP contribution in [0.2, 0.25) is 0 Å². The van der Waals surface area contributed by atoms with Gasteiger partial charge in [0.2, 0.25) is 0 Å². The van der Waals surface area contributed by atoms with Crippen molar-refractivity contribution in [3.63, 3.8) is 0 Å². The smallest absolute Gasteiger partial charge is 0.184 e. The minimum Gasteiger partial charge on any atom is -0.475 e. The maximum absolute atomic E-state index is 13.5. The third kappa shape index (κ3) is 2.94. The zero-order valence-corrected chi connectivity index (χ0v) is 9.40. The average molecular weight is 222 g/mol. The SMILES string of the molecule is CCC(C#N)Oc1ccc(C(C)N)c(F)c1. The van der Waals surface area contributed by atoms with Crippen molar-refractivity contribution in [2.45, 2.75) is 32.4 Å². The van der Waals surface area contributed by atoms with E-state index in [4.69, 9.17) is 15.7 Å². The van der Waals surface area contributed by atoms with Gasteiger partial charge in [-0.05, 0) is 19.4 Å². The van der Waals surface area contributed by atoms with E-state index >= 15 is 0 Å². The van der Waals surface area contributed by atoms with Gasteiger partial charge in [0, 0.05) is 17.7 Å². The zero-order valence-electron chi connectivity index (χ0n) is 9.40. The number of ether oxygens (including phenoxy) is 1. The molecule has 1 rings (SSSR count).